The van der Waals surface area contributed by atoms with Crippen LogP contribution in [0, 0.1) is 5.92 Å². The predicted octanol–water partition coefficient (Wildman–Crippen LogP) is 2.67. The van der Waals surface area contributed by atoms with Crippen LogP contribution in [0.2, 0.25) is 6.04 Å². The number of hydrogen-bond acceptors (Lipinski definition) is 4. The summed E-state index contributed by atoms with van der Waals surface area (Å²) in [6.07, 6.45) is 4.94. The second kappa shape index (κ2) is 10.9. The Labute approximate surface area is 114 Å². The quantitative estimate of drug-likeness (QED) is 0.440. The molecule has 4 nitrogen and oxygen atoms in total. The molecular formula is C13H31NO3Si. The molecule has 0 atom stereocenters. The summed E-state index contributed by atoms with van der Waals surface area (Å²) in [6, 6.07) is 0.871. The van der Waals surface area contributed by atoms with Crippen LogP contribution in [-0.2, 0) is 13.3 Å². The fourth-order valence-corrected chi connectivity index (χ4v) is 3.64. The van der Waals surface area contributed by atoms with E-state index in [0.717, 1.165) is 31.5 Å². The first-order valence-electron chi connectivity index (χ1n) is 6.96. The molecule has 0 radical (unpaired) electrons. The Morgan fingerprint density at radius 3 is 1.94 bits per heavy atom. The number of nitrogens with one attached hydrogen (secondary N) is 1. The van der Waals surface area contributed by atoms with Gasteiger partial charge in [0.15, 0.2) is 0 Å². The summed E-state index contributed by atoms with van der Waals surface area (Å²) >= 11 is 0. The normalized spacial score (nSPS) is 12.3. The molecule has 0 unspecified atom stereocenters. The summed E-state index contributed by atoms with van der Waals surface area (Å²) in [7, 11) is 2.65. The minimum Gasteiger partial charge on any atom is -0.377 e. The minimum absolute atomic E-state index is 0.821. The fourth-order valence-electron chi connectivity index (χ4n) is 1.91. The number of hydrogen-bond donors (Lipinski definition) is 1. The van der Waals surface area contributed by atoms with Crippen molar-refractivity contribution in [3.05, 3.63) is 0 Å². The van der Waals surface area contributed by atoms with E-state index in [1.165, 1.54) is 19.3 Å². The second-order valence-electron chi connectivity index (χ2n) is 5.04. The first kappa shape index (κ1) is 18.1. The molecule has 0 aliphatic carbocycles. The van der Waals surface area contributed by atoms with Gasteiger partial charge in [-0.2, -0.15) is 0 Å². The third-order valence-electron chi connectivity index (χ3n) is 3.15. The Morgan fingerprint density at radius 1 is 0.889 bits per heavy atom. The SMILES string of the molecule is CO[Si](CCCNCCCCC(C)C)(OC)OC. The average molecular weight is 277 g/mol. The number of rotatable bonds is 12. The molecule has 110 valence electrons. The fraction of sp³-hybridized carbons (Fsp3) is 1.00. The molecule has 0 amide bonds. The standard InChI is InChI=1S/C13H31NO3Si/c1-13(2)9-6-7-10-14-11-8-12-18(15-3,16-4)17-5/h13-14H,6-12H2,1-5H3. The summed E-state index contributed by atoms with van der Waals surface area (Å²) in [6.45, 7) is 6.66. The van der Waals surface area contributed by atoms with E-state index in [-0.39, 0.29) is 0 Å². The van der Waals surface area contributed by atoms with Crippen LogP contribution in [-0.4, -0.2) is 43.2 Å². The molecule has 0 saturated heterocycles. The van der Waals surface area contributed by atoms with Crippen LogP contribution in [0.25, 0.3) is 0 Å². The van der Waals surface area contributed by atoms with Crippen LogP contribution in [0.1, 0.15) is 39.5 Å². The second-order valence-corrected chi connectivity index (χ2v) is 8.13. The zero-order valence-corrected chi connectivity index (χ0v) is 13.8. The molecule has 0 fully saturated rings. The lowest BCUT2D eigenvalue weighted by molar-refractivity contribution is 0.123. The highest BCUT2D eigenvalue weighted by Gasteiger charge is 2.36. The maximum atomic E-state index is 5.37. The largest absolute Gasteiger partial charge is 0.500 e. The highest BCUT2D eigenvalue weighted by molar-refractivity contribution is 6.60. The van der Waals surface area contributed by atoms with E-state index in [1.807, 2.05) is 0 Å². The maximum absolute atomic E-state index is 5.37. The van der Waals surface area contributed by atoms with Gasteiger partial charge >= 0.3 is 8.80 Å². The van der Waals surface area contributed by atoms with Gasteiger partial charge < -0.3 is 18.6 Å². The van der Waals surface area contributed by atoms with Crippen molar-refractivity contribution in [3.63, 3.8) is 0 Å². The van der Waals surface area contributed by atoms with E-state index in [1.54, 1.807) is 21.3 Å². The lowest BCUT2D eigenvalue weighted by Crippen LogP contribution is -2.43. The summed E-state index contributed by atoms with van der Waals surface area (Å²) in [4.78, 5) is 0. The molecule has 0 aromatic rings. The Morgan fingerprint density at radius 2 is 1.44 bits per heavy atom. The van der Waals surface area contributed by atoms with Gasteiger partial charge in [-0.3, -0.25) is 0 Å². The molecule has 0 saturated carbocycles. The summed E-state index contributed by atoms with van der Waals surface area (Å²) in [5, 5.41) is 3.46. The summed E-state index contributed by atoms with van der Waals surface area (Å²) in [5.41, 5.74) is 0. The first-order valence-corrected chi connectivity index (χ1v) is 8.89. The smallest absolute Gasteiger partial charge is 0.377 e. The van der Waals surface area contributed by atoms with Crippen molar-refractivity contribution in [2.45, 2.75) is 45.6 Å². The summed E-state index contributed by atoms with van der Waals surface area (Å²) < 4.78 is 16.1. The van der Waals surface area contributed by atoms with Crippen LogP contribution >= 0.6 is 0 Å². The monoisotopic (exact) mass is 277 g/mol. The lowest BCUT2D eigenvalue weighted by Gasteiger charge is -2.24. The van der Waals surface area contributed by atoms with Crippen molar-refractivity contribution in [1.29, 1.82) is 0 Å². The first-order chi connectivity index (χ1) is 8.60. The van der Waals surface area contributed by atoms with Crippen molar-refractivity contribution in [1.82, 2.24) is 5.32 Å². The van der Waals surface area contributed by atoms with Crippen LogP contribution in [0.15, 0.2) is 0 Å². The van der Waals surface area contributed by atoms with Gasteiger partial charge in [-0.25, -0.2) is 0 Å². The molecule has 0 aromatic carbocycles. The van der Waals surface area contributed by atoms with Gasteiger partial charge in [-0.05, 0) is 31.8 Å². The Balaban J connectivity index is 3.44. The van der Waals surface area contributed by atoms with E-state index in [4.69, 9.17) is 13.3 Å². The van der Waals surface area contributed by atoms with E-state index in [2.05, 4.69) is 19.2 Å². The van der Waals surface area contributed by atoms with Crippen LogP contribution < -0.4 is 5.32 Å². The highest BCUT2D eigenvalue weighted by atomic mass is 28.4. The third kappa shape index (κ3) is 8.21. The van der Waals surface area contributed by atoms with Gasteiger partial charge in [-0.1, -0.05) is 26.7 Å². The topological polar surface area (TPSA) is 39.7 Å². The maximum Gasteiger partial charge on any atom is 0.500 e. The molecule has 0 aliphatic heterocycles. The van der Waals surface area contributed by atoms with Gasteiger partial charge in [-0.15, -0.1) is 0 Å². The van der Waals surface area contributed by atoms with Gasteiger partial charge in [0.25, 0.3) is 0 Å². The Kier molecular flexibility index (Phi) is 11.0. The van der Waals surface area contributed by atoms with Gasteiger partial charge in [0.1, 0.15) is 0 Å². The third-order valence-corrected chi connectivity index (χ3v) is 5.99. The predicted molar refractivity (Wildman–Crippen MR) is 77.8 cm³/mol. The average Bonchev–Trinajstić information content (AvgIpc) is 2.38. The molecule has 0 bridgehead atoms. The lowest BCUT2D eigenvalue weighted by atomic mass is 10.1. The van der Waals surface area contributed by atoms with Crippen LogP contribution in [0.3, 0.4) is 0 Å². The molecular weight excluding hydrogens is 246 g/mol. The molecule has 18 heavy (non-hydrogen) atoms. The molecule has 0 heterocycles. The number of unbranched alkanes of at least 4 members (excludes halogenated alkanes) is 1. The van der Waals surface area contributed by atoms with Crippen molar-refractivity contribution < 1.29 is 13.3 Å². The molecule has 0 aliphatic rings. The van der Waals surface area contributed by atoms with Crippen molar-refractivity contribution in [2.24, 2.45) is 5.92 Å². The van der Waals surface area contributed by atoms with Gasteiger partial charge in [0.2, 0.25) is 0 Å². The Hall–Kier alpha value is 0.0569. The van der Waals surface area contributed by atoms with Crippen LogP contribution in [0.5, 0.6) is 0 Å². The van der Waals surface area contributed by atoms with E-state index >= 15 is 0 Å². The van der Waals surface area contributed by atoms with Crippen molar-refractivity contribution in [3.8, 4) is 0 Å². The van der Waals surface area contributed by atoms with Crippen molar-refractivity contribution in [2.75, 3.05) is 34.4 Å². The molecule has 0 aromatic heterocycles. The molecule has 5 heteroatoms. The zero-order chi connectivity index (χ0) is 13.9. The van der Waals surface area contributed by atoms with E-state index in [0.29, 0.717) is 0 Å². The molecule has 0 spiro atoms. The Bertz CT molecular complexity index is 179. The van der Waals surface area contributed by atoms with Gasteiger partial charge in [0.05, 0.1) is 0 Å². The van der Waals surface area contributed by atoms with E-state index in [9.17, 15) is 0 Å². The van der Waals surface area contributed by atoms with Crippen LogP contribution in [0.4, 0.5) is 0 Å². The zero-order valence-electron chi connectivity index (χ0n) is 12.8. The van der Waals surface area contributed by atoms with Gasteiger partial charge in [0, 0.05) is 27.4 Å². The summed E-state index contributed by atoms with van der Waals surface area (Å²) in [5.74, 6) is 0.821. The molecule has 0 rings (SSSR count). The minimum atomic E-state index is -2.35. The molecule has 1 N–H and O–H groups in total. The van der Waals surface area contributed by atoms with E-state index < -0.39 is 8.80 Å². The van der Waals surface area contributed by atoms with Crippen molar-refractivity contribution >= 4 is 8.80 Å². The highest BCUT2D eigenvalue weighted by Crippen LogP contribution is 2.14.